The smallest absolute Gasteiger partial charge is 0.416 e. The third-order valence-electron chi connectivity index (χ3n) is 6.19. The van der Waals surface area contributed by atoms with Crippen molar-refractivity contribution >= 4 is 16.7 Å². The molecule has 0 radical (unpaired) electrons. The SMILES string of the molecule is O=C(NCC1CCN(CCO)CC1)c1ccc2c(Oc3ccc(C(F)(F)F)cc3)cccc2c1. The summed E-state index contributed by atoms with van der Waals surface area (Å²) in [5, 5.41) is 13.6. The Bertz CT molecular complexity index is 1120. The summed E-state index contributed by atoms with van der Waals surface area (Å²) in [6.45, 7) is 3.33. The van der Waals surface area contributed by atoms with Crippen LogP contribution in [0.3, 0.4) is 0 Å². The number of amides is 1. The molecule has 1 aliphatic heterocycles. The Morgan fingerprint density at radius 2 is 1.79 bits per heavy atom. The van der Waals surface area contributed by atoms with Gasteiger partial charge in [-0.2, -0.15) is 13.2 Å². The van der Waals surface area contributed by atoms with E-state index >= 15 is 0 Å². The van der Waals surface area contributed by atoms with Gasteiger partial charge in [-0.3, -0.25) is 4.79 Å². The fraction of sp³-hybridized carbons (Fsp3) is 0.346. The summed E-state index contributed by atoms with van der Waals surface area (Å²) in [6, 6.07) is 15.2. The Balaban J connectivity index is 1.40. The zero-order valence-electron chi connectivity index (χ0n) is 18.6. The van der Waals surface area contributed by atoms with Crippen molar-refractivity contribution in [1.82, 2.24) is 10.2 Å². The van der Waals surface area contributed by atoms with Crippen molar-refractivity contribution in [2.75, 3.05) is 32.8 Å². The van der Waals surface area contributed by atoms with Crippen LogP contribution < -0.4 is 10.1 Å². The van der Waals surface area contributed by atoms with Crippen LogP contribution in [0, 0.1) is 5.92 Å². The Kier molecular flexibility index (Phi) is 7.38. The van der Waals surface area contributed by atoms with Crippen LogP contribution in [0.15, 0.2) is 60.7 Å². The summed E-state index contributed by atoms with van der Waals surface area (Å²) in [7, 11) is 0. The number of carbonyl (C=O) groups excluding carboxylic acids is 1. The van der Waals surface area contributed by atoms with E-state index in [0.29, 0.717) is 36.1 Å². The largest absolute Gasteiger partial charge is 0.457 e. The molecular formula is C26H27F3N2O3. The standard InChI is InChI=1S/C26H27F3N2O3/c27-26(28,29)21-5-7-22(8-6-21)34-24-3-1-2-19-16-20(4-9-23(19)24)25(33)30-17-18-10-12-31(13-11-18)14-15-32/h1-9,16,18,32H,10-15,17H2,(H,30,33). The molecule has 5 nitrogen and oxygen atoms in total. The lowest BCUT2D eigenvalue weighted by Gasteiger charge is -2.31. The number of ether oxygens (including phenoxy) is 1. The van der Waals surface area contributed by atoms with Gasteiger partial charge in [0.05, 0.1) is 12.2 Å². The van der Waals surface area contributed by atoms with Crippen molar-refractivity contribution in [3.05, 3.63) is 71.8 Å². The highest BCUT2D eigenvalue weighted by molar-refractivity contribution is 5.99. The van der Waals surface area contributed by atoms with Gasteiger partial charge in [0.15, 0.2) is 0 Å². The molecule has 0 bridgehead atoms. The van der Waals surface area contributed by atoms with Crippen LogP contribution in [0.25, 0.3) is 10.8 Å². The number of nitrogens with one attached hydrogen (secondary N) is 1. The van der Waals surface area contributed by atoms with E-state index in [1.807, 2.05) is 6.07 Å². The molecule has 0 aliphatic carbocycles. The van der Waals surface area contributed by atoms with Crippen LogP contribution in [0.5, 0.6) is 11.5 Å². The Labute approximate surface area is 196 Å². The number of alkyl halides is 3. The summed E-state index contributed by atoms with van der Waals surface area (Å²) >= 11 is 0. The van der Waals surface area contributed by atoms with Crippen molar-refractivity contribution in [3.63, 3.8) is 0 Å². The summed E-state index contributed by atoms with van der Waals surface area (Å²) < 4.78 is 44.2. The molecule has 0 saturated carbocycles. The lowest BCUT2D eigenvalue weighted by atomic mass is 9.96. The average molecular weight is 473 g/mol. The topological polar surface area (TPSA) is 61.8 Å². The van der Waals surface area contributed by atoms with Gasteiger partial charge >= 0.3 is 6.18 Å². The van der Waals surface area contributed by atoms with Crippen LogP contribution in [0.4, 0.5) is 13.2 Å². The number of benzene rings is 3. The number of aliphatic hydroxyl groups excluding tert-OH is 1. The lowest BCUT2D eigenvalue weighted by Crippen LogP contribution is -2.39. The minimum atomic E-state index is -4.40. The van der Waals surface area contributed by atoms with Crippen molar-refractivity contribution in [2.45, 2.75) is 19.0 Å². The number of halogens is 3. The van der Waals surface area contributed by atoms with Gasteiger partial charge in [-0.1, -0.05) is 12.1 Å². The van der Waals surface area contributed by atoms with E-state index in [9.17, 15) is 18.0 Å². The van der Waals surface area contributed by atoms with Crippen LogP contribution in [-0.4, -0.2) is 48.7 Å². The first-order valence-electron chi connectivity index (χ1n) is 11.3. The van der Waals surface area contributed by atoms with E-state index in [-0.39, 0.29) is 12.5 Å². The highest BCUT2D eigenvalue weighted by atomic mass is 19.4. The number of aliphatic hydroxyl groups is 1. The molecule has 34 heavy (non-hydrogen) atoms. The quantitative estimate of drug-likeness (QED) is 0.503. The molecule has 3 aromatic carbocycles. The second-order valence-corrected chi connectivity index (χ2v) is 8.53. The highest BCUT2D eigenvalue weighted by Gasteiger charge is 2.30. The molecule has 1 heterocycles. The molecule has 1 aliphatic rings. The second-order valence-electron chi connectivity index (χ2n) is 8.53. The van der Waals surface area contributed by atoms with E-state index in [1.165, 1.54) is 12.1 Å². The number of carbonyl (C=O) groups is 1. The van der Waals surface area contributed by atoms with Gasteiger partial charge < -0.3 is 20.1 Å². The highest BCUT2D eigenvalue weighted by Crippen LogP contribution is 2.33. The van der Waals surface area contributed by atoms with E-state index in [0.717, 1.165) is 48.8 Å². The number of rotatable bonds is 7. The van der Waals surface area contributed by atoms with Crippen LogP contribution in [-0.2, 0) is 6.18 Å². The molecule has 4 rings (SSSR count). The first-order valence-corrected chi connectivity index (χ1v) is 11.3. The molecule has 180 valence electrons. The van der Waals surface area contributed by atoms with Gasteiger partial charge in [0.1, 0.15) is 11.5 Å². The second kappa shape index (κ2) is 10.4. The van der Waals surface area contributed by atoms with Crippen LogP contribution in [0.1, 0.15) is 28.8 Å². The molecule has 1 fully saturated rings. The molecule has 0 atom stereocenters. The minimum Gasteiger partial charge on any atom is -0.457 e. The van der Waals surface area contributed by atoms with E-state index in [4.69, 9.17) is 9.84 Å². The number of hydrogen-bond acceptors (Lipinski definition) is 4. The predicted molar refractivity (Wildman–Crippen MR) is 124 cm³/mol. The van der Waals surface area contributed by atoms with Crippen molar-refractivity contribution in [1.29, 1.82) is 0 Å². The molecule has 2 N–H and O–H groups in total. The molecule has 0 aromatic heterocycles. The number of likely N-dealkylation sites (tertiary alicyclic amines) is 1. The number of β-amino-alcohol motifs (C(OH)–C–C–N with tert-alkyl or cyclic N) is 1. The van der Waals surface area contributed by atoms with E-state index < -0.39 is 11.7 Å². The van der Waals surface area contributed by atoms with Crippen LogP contribution >= 0.6 is 0 Å². The van der Waals surface area contributed by atoms with Crippen LogP contribution in [0.2, 0.25) is 0 Å². The summed E-state index contributed by atoms with van der Waals surface area (Å²) in [5.41, 5.74) is -0.193. The molecule has 0 spiro atoms. The van der Waals surface area contributed by atoms with Crippen molar-refractivity contribution in [3.8, 4) is 11.5 Å². The summed E-state index contributed by atoms with van der Waals surface area (Å²) in [4.78, 5) is 14.9. The minimum absolute atomic E-state index is 0.145. The Morgan fingerprint density at radius 3 is 2.47 bits per heavy atom. The number of fused-ring (bicyclic) bond motifs is 1. The first kappa shape index (κ1) is 24.0. The number of hydrogen-bond donors (Lipinski definition) is 2. The fourth-order valence-corrected chi connectivity index (χ4v) is 4.22. The Morgan fingerprint density at radius 1 is 1.06 bits per heavy atom. The summed E-state index contributed by atoms with van der Waals surface area (Å²) in [6.07, 6.45) is -2.42. The third kappa shape index (κ3) is 5.87. The molecule has 1 amide bonds. The van der Waals surface area contributed by atoms with Gasteiger partial charge in [0.2, 0.25) is 0 Å². The average Bonchev–Trinajstić information content (AvgIpc) is 2.83. The lowest BCUT2D eigenvalue weighted by molar-refractivity contribution is -0.137. The van der Waals surface area contributed by atoms with E-state index in [2.05, 4.69) is 10.2 Å². The van der Waals surface area contributed by atoms with Gasteiger partial charge in [0, 0.05) is 24.0 Å². The monoisotopic (exact) mass is 472 g/mol. The number of piperidine rings is 1. The van der Waals surface area contributed by atoms with Gasteiger partial charge in [-0.15, -0.1) is 0 Å². The van der Waals surface area contributed by atoms with Crippen molar-refractivity contribution in [2.24, 2.45) is 5.92 Å². The zero-order chi connectivity index (χ0) is 24.1. The molecule has 8 heteroatoms. The van der Waals surface area contributed by atoms with Gasteiger partial charge in [-0.05, 0) is 85.8 Å². The van der Waals surface area contributed by atoms with E-state index in [1.54, 1.807) is 30.3 Å². The molecular weight excluding hydrogens is 445 g/mol. The first-order chi connectivity index (χ1) is 16.3. The number of nitrogens with zero attached hydrogens (tertiary/aromatic N) is 1. The third-order valence-corrected chi connectivity index (χ3v) is 6.19. The zero-order valence-corrected chi connectivity index (χ0v) is 18.6. The molecule has 0 unspecified atom stereocenters. The fourth-order valence-electron chi connectivity index (χ4n) is 4.22. The molecule has 3 aromatic rings. The van der Waals surface area contributed by atoms with Crippen molar-refractivity contribution < 1.29 is 27.8 Å². The van der Waals surface area contributed by atoms with Gasteiger partial charge in [-0.25, -0.2) is 0 Å². The Hall–Kier alpha value is -3.10. The maximum absolute atomic E-state index is 12.8. The predicted octanol–water partition coefficient (Wildman–Crippen LogP) is 5.09. The normalized spacial score (nSPS) is 15.4. The molecule has 1 saturated heterocycles. The maximum atomic E-state index is 12.8. The summed E-state index contributed by atoms with van der Waals surface area (Å²) in [5.74, 6) is 1.07. The maximum Gasteiger partial charge on any atom is 0.416 e. The van der Waals surface area contributed by atoms with Gasteiger partial charge in [0.25, 0.3) is 5.91 Å².